The highest BCUT2D eigenvalue weighted by molar-refractivity contribution is 5.79. The second kappa shape index (κ2) is 4.77. The van der Waals surface area contributed by atoms with Crippen LogP contribution in [0.2, 0.25) is 0 Å². The zero-order chi connectivity index (χ0) is 11.4. The summed E-state index contributed by atoms with van der Waals surface area (Å²) >= 11 is 0. The zero-order valence-corrected chi connectivity index (χ0v) is 8.61. The van der Waals surface area contributed by atoms with Crippen molar-refractivity contribution in [1.29, 1.82) is 0 Å². The third-order valence-corrected chi connectivity index (χ3v) is 2.34. The van der Waals surface area contributed by atoms with E-state index in [1.54, 1.807) is 0 Å². The Morgan fingerprint density at radius 2 is 2.00 bits per heavy atom. The van der Waals surface area contributed by atoms with Crippen LogP contribution in [0.3, 0.4) is 0 Å². The van der Waals surface area contributed by atoms with Gasteiger partial charge in [-0.3, -0.25) is 0 Å². The number of rotatable bonds is 3. The molecular formula is C13H12O3. The third kappa shape index (κ3) is 2.58. The van der Waals surface area contributed by atoms with Gasteiger partial charge >= 0.3 is 5.97 Å². The topological polar surface area (TPSA) is 46.5 Å². The lowest BCUT2D eigenvalue weighted by Gasteiger charge is -2.11. The predicted octanol–water partition coefficient (Wildman–Crippen LogP) is 2.32. The molecule has 1 aromatic rings. The Morgan fingerprint density at radius 1 is 1.25 bits per heavy atom. The molecule has 1 heterocycles. The van der Waals surface area contributed by atoms with Crippen molar-refractivity contribution in [2.75, 3.05) is 0 Å². The van der Waals surface area contributed by atoms with Crippen molar-refractivity contribution in [3.05, 3.63) is 60.2 Å². The average Bonchev–Trinajstić information content (AvgIpc) is 2.76. The molecule has 0 radical (unpaired) electrons. The first-order valence-electron chi connectivity index (χ1n) is 5.05. The Balaban J connectivity index is 2.00. The Kier molecular flexibility index (Phi) is 3.17. The fraction of sp³-hybridized carbons (Fsp3) is 0.154. The number of hydrogen-bond acceptors (Lipinski definition) is 2. The van der Waals surface area contributed by atoms with E-state index in [4.69, 9.17) is 9.84 Å². The van der Waals surface area contributed by atoms with Crippen LogP contribution in [-0.4, -0.2) is 17.2 Å². The molecular weight excluding hydrogens is 204 g/mol. The maximum absolute atomic E-state index is 10.3. The molecule has 0 aliphatic carbocycles. The van der Waals surface area contributed by atoms with E-state index in [0.29, 0.717) is 0 Å². The normalized spacial score (nSPS) is 24.0. The van der Waals surface area contributed by atoms with E-state index < -0.39 is 5.97 Å². The molecule has 16 heavy (non-hydrogen) atoms. The Bertz CT molecular complexity index is 420. The van der Waals surface area contributed by atoms with Crippen molar-refractivity contribution in [3.63, 3.8) is 0 Å². The lowest BCUT2D eigenvalue weighted by atomic mass is 10.1. The molecule has 1 N–H and O–H groups in total. The maximum Gasteiger partial charge on any atom is 0.328 e. The summed E-state index contributed by atoms with van der Waals surface area (Å²) in [6.45, 7) is 0. The van der Waals surface area contributed by atoms with Crippen LogP contribution in [0.4, 0.5) is 0 Å². The Labute approximate surface area is 93.7 Å². The van der Waals surface area contributed by atoms with E-state index in [-0.39, 0.29) is 12.2 Å². The van der Waals surface area contributed by atoms with Crippen LogP contribution in [0.15, 0.2) is 54.6 Å². The summed E-state index contributed by atoms with van der Waals surface area (Å²) < 4.78 is 5.64. The molecule has 0 fully saturated rings. The van der Waals surface area contributed by atoms with Gasteiger partial charge in [0.05, 0.1) is 6.10 Å². The number of ether oxygens (including phenoxy) is 1. The molecule has 0 aromatic heterocycles. The molecule has 82 valence electrons. The van der Waals surface area contributed by atoms with Gasteiger partial charge in [0.2, 0.25) is 0 Å². The molecule has 2 unspecified atom stereocenters. The van der Waals surface area contributed by atoms with Crippen LogP contribution in [0.5, 0.6) is 0 Å². The molecule has 3 nitrogen and oxygen atoms in total. The minimum atomic E-state index is -0.958. The number of carboxylic acid groups (broad SMARTS) is 1. The second-order valence-electron chi connectivity index (χ2n) is 3.51. The third-order valence-electron chi connectivity index (χ3n) is 2.34. The van der Waals surface area contributed by atoms with Crippen molar-refractivity contribution in [2.24, 2.45) is 0 Å². The highest BCUT2D eigenvalue weighted by Gasteiger charge is 2.18. The van der Waals surface area contributed by atoms with Gasteiger partial charge in [0.15, 0.2) is 0 Å². The summed E-state index contributed by atoms with van der Waals surface area (Å²) in [5.74, 6) is -0.958. The van der Waals surface area contributed by atoms with Gasteiger partial charge in [-0.15, -0.1) is 0 Å². The number of aliphatic carboxylic acids is 1. The largest absolute Gasteiger partial charge is 0.478 e. The van der Waals surface area contributed by atoms with Crippen LogP contribution < -0.4 is 0 Å². The predicted molar refractivity (Wildman–Crippen MR) is 60.0 cm³/mol. The minimum Gasteiger partial charge on any atom is -0.478 e. The van der Waals surface area contributed by atoms with Crippen molar-refractivity contribution in [1.82, 2.24) is 0 Å². The molecule has 1 aliphatic heterocycles. The quantitative estimate of drug-likeness (QED) is 0.623. The smallest absolute Gasteiger partial charge is 0.328 e. The fourth-order valence-corrected chi connectivity index (χ4v) is 1.59. The first kappa shape index (κ1) is 10.6. The van der Waals surface area contributed by atoms with E-state index in [2.05, 4.69) is 0 Å². The van der Waals surface area contributed by atoms with Gasteiger partial charge < -0.3 is 9.84 Å². The molecule has 0 saturated heterocycles. The lowest BCUT2D eigenvalue weighted by molar-refractivity contribution is -0.131. The summed E-state index contributed by atoms with van der Waals surface area (Å²) in [7, 11) is 0. The van der Waals surface area contributed by atoms with E-state index in [9.17, 15) is 4.79 Å². The van der Waals surface area contributed by atoms with E-state index in [1.165, 1.54) is 6.08 Å². The lowest BCUT2D eigenvalue weighted by Crippen LogP contribution is -2.04. The van der Waals surface area contributed by atoms with Crippen molar-refractivity contribution in [2.45, 2.75) is 12.2 Å². The molecule has 2 rings (SSSR count). The highest BCUT2D eigenvalue weighted by atomic mass is 16.5. The highest BCUT2D eigenvalue weighted by Crippen LogP contribution is 2.26. The molecule has 1 aromatic carbocycles. The van der Waals surface area contributed by atoms with Crippen LogP contribution in [0.25, 0.3) is 0 Å². The molecule has 0 bridgehead atoms. The monoisotopic (exact) mass is 216 g/mol. The summed E-state index contributed by atoms with van der Waals surface area (Å²) in [6.07, 6.45) is 6.10. The van der Waals surface area contributed by atoms with Crippen LogP contribution in [0, 0.1) is 0 Å². The summed E-state index contributed by atoms with van der Waals surface area (Å²) in [5, 5.41) is 8.49. The van der Waals surface area contributed by atoms with Crippen LogP contribution in [0.1, 0.15) is 11.7 Å². The summed E-state index contributed by atoms with van der Waals surface area (Å²) in [6, 6.07) is 9.82. The van der Waals surface area contributed by atoms with Crippen LogP contribution >= 0.6 is 0 Å². The SMILES string of the molecule is O=C(O)/C=C/C1C=CC(c2ccccc2)O1. The van der Waals surface area contributed by atoms with Gasteiger partial charge in [-0.1, -0.05) is 42.5 Å². The van der Waals surface area contributed by atoms with Crippen molar-refractivity contribution in [3.8, 4) is 0 Å². The van der Waals surface area contributed by atoms with Crippen LogP contribution in [-0.2, 0) is 9.53 Å². The van der Waals surface area contributed by atoms with Gasteiger partial charge in [0.1, 0.15) is 6.10 Å². The standard InChI is InChI=1S/C13H12O3/c14-13(15)9-7-11-6-8-12(16-11)10-4-2-1-3-5-10/h1-9,11-12H,(H,14,15)/b9-7+. The van der Waals surface area contributed by atoms with E-state index in [0.717, 1.165) is 11.6 Å². The van der Waals surface area contributed by atoms with Gasteiger partial charge in [-0.2, -0.15) is 0 Å². The fourth-order valence-electron chi connectivity index (χ4n) is 1.59. The molecule has 3 heteroatoms. The minimum absolute atomic E-state index is 0.0790. The molecule has 2 atom stereocenters. The summed E-state index contributed by atoms with van der Waals surface area (Å²) in [5.41, 5.74) is 1.07. The van der Waals surface area contributed by atoms with E-state index >= 15 is 0 Å². The first-order valence-corrected chi connectivity index (χ1v) is 5.05. The second-order valence-corrected chi connectivity index (χ2v) is 3.51. The average molecular weight is 216 g/mol. The summed E-state index contributed by atoms with van der Waals surface area (Å²) in [4.78, 5) is 10.3. The van der Waals surface area contributed by atoms with Gasteiger partial charge in [-0.25, -0.2) is 4.79 Å². The van der Waals surface area contributed by atoms with Crippen molar-refractivity contribution >= 4 is 5.97 Å². The molecule has 0 amide bonds. The van der Waals surface area contributed by atoms with E-state index in [1.807, 2.05) is 42.5 Å². The molecule has 0 spiro atoms. The number of hydrogen-bond donors (Lipinski definition) is 1. The Morgan fingerprint density at radius 3 is 2.69 bits per heavy atom. The molecule has 1 aliphatic rings. The zero-order valence-electron chi connectivity index (χ0n) is 8.61. The maximum atomic E-state index is 10.3. The van der Waals surface area contributed by atoms with Gasteiger partial charge in [0.25, 0.3) is 0 Å². The van der Waals surface area contributed by atoms with Crippen molar-refractivity contribution < 1.29 is 14.6 Å². The number of carboxylic acids is 1. The van der Waals surface area contributed by atoms with Gasteiger partial charge in [0, 0.05) is 6.08 Å². The first-order chi connectivity index (χ1) is 7.75. The number of benzene rings is 1. The number of carbonyl (C=O) groups is 1. The molecule has 0 saturated carbocycles. The Hall–Kier alpha value is -1.87. The van der Waals surface area contributed by atoms with Gasteiger partial charge in [-0.05, 0) is 11.6 Å².